The van der Waals surface area contributed by atoms with E-state index in [1.807, 2.05) is 37.3 Å². The van der Waals surface area contributed by atoms with Crippen LogP contribution in [0.5, 0.6) is 5.75 Å². The number of hydrogen-bond acceptors (Lipinski definition) is 5. The zero-order valence-corrected chi connectivity index (χ0v) is 15.1. The van der Waals surface area contributed by atoms with E-state index in [1.165, 1.54) is 6.21 Å². The van der Waals surface area contributed by atoms with Crippen LogP contribution in [0.4, 0.5) is 0 Å². The van der Waals surface area contributed by atoms with E-state index in [4.69, 9.17) is 4.42 Å². The third-order valence-electron chi connectivity index (χ3n) is 4.26. The molecule has 28 heavy (non-hydrogen) atoms. The van der Waals surface area contributed by atoms with Gasteiger partial charge in [-0.15, -0.1) is 0 Å². The first-order valence-electron chi connectivity index (χ1n) is 8.70. The van der Waals surface area contributed by atoms with Gasteiger partial charge in [-0.2, -0.15) is 5.10 Å². The molecule has 2 N–H and O–H groups in total. The number of hydrazone groups is 1. The van der Waals surface area contributed by atoms with E-state index in [1.54, 1.807) is 36.4 Å². The van der Waals surface area contributed by atoms with Crippen LogP contribution >= 0.6 is 0 Å². The highest BCUT2D eigenvalue weighted by molar-refractivity contribution is 6.07. The number of nitrogens with zero attached hydrogens (tertiary/aromatic N) is 2. The standard InChI is InChI=1S/C22H17N3O3/c1-14-10-11-15(28-14)13-23-25-22(27)18-12-20(17-7-3-5-9-21(17)26)24-19-8-4-2-6-16(18)19/h2-13,26H,1H3,(H,25,27). The summed E-state index contributed by atoms with van der Waals surface area (Å²) in [4.78, 5) is 17.4. The molecule has 0 bridgehead atoms. The third-order valence-corrected chi connectivity index (χ3v) is 4.26. The number of fused-ring (bicyclic) bond motifs is 1. The zero-order chi connectivity index (χ0) is 19.5. The van der Waals surface area contributed by atoms with Crippen LogP contribution in [0.2, 0.25) is 0 Å². The molecule has 0 aliphatic carbocycles. The first-order valence-corrected chi connectivity index (χ1v) is 8.70. The van der Waals surface area contributed by atoms with Crippen molar-refractivity contribution in [1.29, 1.82) is 0 Å². The highest BCUT2D eigenvalue weighted by Gasteiger charge is 2.15. The molecule has 0 aliphatic heterocycles. The molecule has 0 spiro atoms. The van der Waals surface area contributed by atoms with Crippen LogP contribution in [0.25, 0.3) is 22.2 Å². The number of pyridine rings is 1. The Morgan fingerprint density at radius 1 is 1.11 bits per heavy atom. The monoisotopic (exact) mass is 371 g/mol. The quantitative estimate of drug-likeness (QED) is 0.414. The Morgan fingerprint density at radius 3 is 2.68 bits per heavy atom. The van der Waals surface area contributed by atoms with Gasteiger partial charge in [0, 0.05) is 10.9 Å². The Kier molecular flexibility index (Phi) is 4.60. The van der Waals surface area contributed by atoms with Crippen molar-refractivity contribution in [2.75, 3.05) is 0 Å². The fourth-order valence-electron chi connectivity index (χ4n) is 2.93. The number of carbonyl (C=O) groups is 1. The summed E-state index contributed by atoms with van der Waals surface area (Å²) in [6, 6.07) is 19.5. The Bertz CT molecular complexity index is 1190. The molecule has 2 aromatic heterocycles. The van der Waals surface area contributed by atoms with Crippen molar-refractivity contribution in [2.24, 2.45) is 5.10 Å². The summed E-state index contributed by atoms with van der Waals surface area (Å²) in [5.41, 5.74) is 4.65. The molecule has 2 aromatic carbocycles. The highest BCUT2D eigenvalue weighted by atomic mass is 16.3. The van der Waals surface area contributed by atoms with Gasteiger partial charge in [-0.1, -0.05) is 30.3 Å². The number of phenolic OH excluding ortho intramolecular Hbond substituents is 1. The summed E-state index contributed by atoms with van der Waals surface area (Å²) in [6.45, 7) is 1.83. The summed E-state index contributed by atoms with van der Waals surface area (Å²) >= 11 is 0. The first kappa shape index (κ1) is 17.5. The van der Waals surface area contributed by atoms with Gasteiger partial charge in [0.15, 0.2) is 0 Å². The summed E-state index contributed by atoms with van der Waals surface area (Å²) in [5.74, 6) is 1.03. The van der Waals surface area contributed by atoms with Crippen molar-refractivity contribution in [3.8, 4) is 17.0 Å². The summed E-state index contributed by atoms with van der Waals surface area (Å²) in [5, 5.41) is 14.8. The Balaban J connectivity index is 1.71. The van der Waals surface area contributed by atoms with Crippen LogP contribution < -0.4 is 5.43 Å². The fourth-order valence-corrected chi connectivity index (χ4v) is 2.93. The number of para-hydroxylation sites is 2. The SMILES string of the molecule is Cc1ccc(C=NNC(=O)c2cc(-c3ccccc3O)nc3ccccc23)o1. The molecule has 4 aromatic rings. The first-order chi connectivity index (χ1) is 13.6. The zero-order valence-electron chi connectivity index (χ0n) is 15.1. The fraction of sp³-hybridized carbons (Fsp3) is 0.0455. The van der Waals surface area contributed by atoms with Gasteiger partial charge in [0.1, 0.15) is 17.3 Å². The lowest BCUT2D eigenvalue weighted by atomic mass is 10.0. The highest BCUT2D eigenvalue weighted by Crippen LogP contribution is 2.30. The lowest BCUT2D eigenvalue weighted by Crippen LogP contribution is -2.18. The second kappa shape index (κ2) is 7.36. The lowest BCUT2D eigenvalue weighted by molar-refractivity contribution is 0.0956. The van der Waals surface area contributed by atoms with Crippen LogP contribution in [0, 0.1) is 6.92 Å². The van der Waals surface area contributed by atoms with Gasteiger partial charge < -0.3 is 9.52 Å². The topological polar surface area (TPSA) is 87.7 Å². The number of phenols is 1. The van der Waals surface area contributed by atoms with Crippen molar-refractivity contribution in [2.45, 2.75) is 6.92 Å². The van der Waals surface area contributed by atoms with Gasteiger partial charge in [-0.05, 0) is 43.3 Å². The second-order valence-corrected chi connectivity index (χ2v) is 6.24. The molecule has 0 unspecified atom stereocenters. The number of benzene rings is 2. The van der Waals surface area contributed by atoms with E-state index in [-0.39, 0.29) is 11.7 Å². The molecule has 0 fully saturated rings. The molecule has 0 aliphatic rings. The molecule has 6 nitrogen and oxygen atoms in total. The average Bonchev–Trinajstić information content (AvgIpc) is 3.12. The Hall–Kier alpha value is -3.93. The van der Waals surface area contributed by atoms with Gasteiger partial charge >= 0.3 is 0 Å². The van der Waals surface area contributed by atoms with Gasteiger partial charge in [-0.3, -0.25) is 4.79 Å². The summed E-state index contributed by atoms with van der Waals surface area (Å²) in [6.07, 6.45) is 1.44. The molecule has 6 heteroatoms. The van der Waals surface area contributed by atoms with E-state index in [0.29, 0.717) is 33.5 Å². The normalized spacial score (nSPS) is 11.2. The van der Waals surface area contributed by atoms with Crippen LogP contribution in [0.1, 0.15) is 21.9 Å². The number of furan rings is 1. The number of rotatable bonds is 4. The maximum Gasteiger partial charge on any atom is 0.272 e. The van der Waals surface area contributed by atoms with Crippen molar-refractivity contribution in [1.82, 2.24) is 10.4 Å². The summed E-state index contributed by atoms with van der Waals surface area (Å²) in [7, 11) is 0. The number of carbonyl (C=O) groups excluding carboxylic acids is 1. The Labute approximate surface area is 161 Å². The van der Waals surface area contributed by atoms with Crippen LogP contribution in [-0.4, -0.2) is 22.2 Å². The van der Waals surface area contributed by atoms with Gasteiger partial charge in [0.05, 0.1) is 23.0 Å². The minimum atomic E-state index is -0.380. The molecule has 0 radical (unpaired) electrons. The number of amides is 1. The van der Waals surface area contributed by atoms with Gasteiger partial charge in [-0.25, -0.2) is 10.4 Å². The minimum absolute atomic E-state index is 0.0999. The molecule has 1 amide bonds. The van der Waals surface area contributed by atoms with Crippen LogP contribution in [-0.2, 0) is 0 Å². The number of aryl methyl sites for hydroxylation is 1. The number of hydrogen-bond donors (Lipinski definition) is 2. The molecule has 2 heterocycles. The van der Waals surface area contributed by atoms with E-state index in [2.05, 4.69) is 15.5 Å². The number of aromatic hydroxyl groups is 1. The molecular formula is C22H17N3O3. The van der Waals surface area contributed by atoms with E-state index < -0.39 is 0 Å². The molecule has 138 valence electrons. The molecule has 0 saturated carbocycles. The largest absolute Gasteiger partial charge is 0.507 e. The predicted molar refractivity (Wildman–Crippen MR) is 107 cm³/mol. The van der Waals surface area contributed by atoms with E-state index in [9.17, 15) is 9.90 Å². The van der Waals surface area contributed by atoms with Crippen molar-refractivity contribution in [3.63, 3.8) is 0 Å². The molecule has 0 saturated heterocycles. The van der Waals surface area contributed by atoms with Crippen molar-refractivity contribution in [3.05, 3.63) is 83.8 Å². The second-order valence-electron chi connectivity index (χ2n) is 6.24. The smallest absolute Gasteiger partial charge is 0.272 e. The van der Waals surface area contributed by atoms with E-state index in [0.717, 1.165) is 5.76 Å². The number of aromatic nitrogens is 1. The molecule has 4 rings (SSSR count). The van der Waals surface area contributed by atoms with Crippen LogP contribution in [0.15, 0.2) is 76.2 Å². The minimum Gasteiger partial charge on any atom is -0.507 e. The maximum atomic E-state index is 12.8. The van der Waals surface area contributed by atoms with Crippen molar-refractivity contribution < 1.29 is 14.3 Å². The number of nitrogens with one attached hydrogen (secondary N) is 1. The predicted octanol–water partition coefficient (Wildman–Crippen LogP) is 4.27. The van der Waals surface area contributed by atoms with Crippen LogP contribution in [0.3, 0.4) is 0 Å². The molecular weight excluding hydrogens is 354 g/mol. The average molecular weight is 371 g/mol. The molecule has 0 atom stereocenters. The van der Waals surface area contributed by atoms with Gasteiger partial charge in [0.2, 0.25) is 0 Å². The Morgan fingerprint density at radius 2 is 1.89 bits per heavy atom. The summed E-state index contributed by atoms with van der Waals surface area (Å²) < 4.78 is 5.39. The van der Waals surface area contributed by atoms with Gasteiger partial charge in [0.25, 0.3) is 5.91 Å². The third kappa shape index (κ3) is 3.48. The van der Waals surface area contributed by atoms with E-state index >= 15 is 0 Å². The van der Waals surface area contributed by atoms with Crippen molar-refractivity contribution >= 4 is 23.0 Å². The maximum absolute atomic E-state index is 12.8. The lowest BCUT2D eigenvalue weighted by Gasteiger charge is -2.10.